The van der Waals surface area contributed by atoms with E-state index < -0.39 is 22.8 Å². The molecule has 1 N–H and O–H groups in total. The number of hydrogen-bond acceptors (Lipinski definition) is 3. The first-order valence-corrected chi connectivity index (χ1v) is 6.80. The second kappa shape index (κ2) is 4.94. The van der Waals surface area contributed by atoms with Crippen molar-refractivity contribution in [3.63, 3.8) is 0 Å². The van der Waals surface area contributed by atoms with Gasteiger partial charge >= 0.3 is 6.09 Å². The third kappa shape index (κ3) is 4.35. The van der Waals surface area contributed by atoms with Gasteiger partial charge in [0.2, 0.25) is 0 Å². The number of ether oxygens (including phenoxy) is 1. The number of piperidine rings is 1. The SMILES string of the molecule is CC(C)(C)OC(=O)NC1CC(C)(C)N([O])C(C)(C)C1. The lowest BCUT2D eigenvalue weighted by Gasteiger charge is -2.49. The molecule has 1 rings (SSSR count). The quantitative estimate of drug-likeness (QED) is 0.797. The van der Waals surface area contributed by atoms with Gasteiger partial charge in [-0.2, -0.15) is 0 Å². The van der Waals surface area contributed by atoms with Crippen molar-refractivity contribution in [2.45, 2.75) is 84.0 Å². The average molecular weight is 271 g/mol. The van der Waals surface area contributed by atoms with Crippen LogP contribution in [0, 0.1) is 0 Å². The molecule has 111 valence electrons. The van der Waals surface area contributed by atoms with Gasteiger partial charge in [-0.1, -0.05) is 0 Å². The first kappa shape index (κ1) is 16.2. The fourth-order valence-corrected chi connectivity index (χ4v) is 2.84. The number of hydrogen-bond donors (Lipinski definition) is 1. The molecule has 1 saturated heterocycles. The smallest absolute Gasteiger partial charge is 0.407 e. The van der Waals surface area contributed by atoms with Crippen LogP contribution in [0.2, 0.25) is 0 Å². The number of rotatable bonds is 1. The van der Waals surface area contributed by atoms with E-state index in [-0.39, 0.29) is 6.04 Å². The van der Waals surface area contributed by atoms with Crippen molar-refractivity contribution in [2.24, 2.45) is 0 Å². The molecule has 0 atom stereocenters. The highest BCUT2D eigenvalue weighted by Crippen LogP contribution is 2.37. The zero-order valence-corrected chi connectivity index (χ0v) is 13.2. The van der Waals surface area contributed by atoms with Gasteiger partial charge in [-0.3, -0.25) is 0 Å². The van der Waals surface area contributed by atoms with Crippen molar-refractivity contribution in [2.75, 3.05) is 0 Å². The van der Waals surface area contributed by atoms with Crippen LogP contribution in [0.25, 0.3) is 0 Å². The molecule has 5 heteroatoms. The fourth-order valence-electron chi connectivity index (χ4n) is 2.84. The summed E-state index contributed by atoms with van der Waals surface area (Å²) in [6, 6.07) is -0.0370. The summed E-state index contributed by atoms with van der Waals surface area (Å²) in [6.45, 7) is 13.1. The number of hydroxylamine groups is 2. The molecule has 0 spiro atoms. The third-order valence-corrected chi connectivity index (χ3v) is 3.31. The van der Waals surface area contributed by atoms with Crippen LogP contribution in [0.1, 0.15) is 61.3 Å². The van der Waals surface area contributed by atoms with Gasteiger partial charge in [-0.15, -0.1) is 10.3 Å². The van der Waals surface area contributed by atoms with Crippen molar-refractivity contribution in [3.8, 4) is 0 Å². The molecule has 1 radical (unpaired) electrons. The largest absolute Gasteiger partial charge is 0.444 e. The van der Waals surface area contributed by atoms with E-state index in [2.05, 4.69) is 5.32 Å². The van der Waals surface area contributed by atoms with Gasteiger partial charge < -0.3 is 10.1 Å². The van der Waals surface area contributed by atoms with Crippen LogP contribution < -0.4 is 5.32 Å². The van der Waals surface area contributed by atoms with Crippen LogP contribution in [0.3, 0.4) is 0 Å². The Morgan fingerprint density at radius 1 is 1.16 bits per heavy atom. The number of nitrogens with one attached hydrogen (secondary N) is 1. The van der Waals surface area contributed by atoms with Crippen LogP contribution in [0.4, 0.5) is 4.79 Å². The Morgan fingerprint density at radius 2 is 1.58 bits per heavy atom. The van der Waals surface area contributed by atoms with Crippen LogP contribution in [-0.4, -0.2) is 33.9 Å². The van der Waals surface area contributed by atoms with Gasteiger partial charge in [0.15, 0.2) is 0 Å². The Labute approximate surface area is 116 Å². The molecule has 0 bridgehead atoms. The molecule has 1 aliphatic heterocycles. The molecule has 0 aliphatic carbocycles. The lowest BCUT2D eigenvalue weighted by Crippen LogP contribution is -2.62. The maximum Gasteiger partial charge on any atom is 0.407 e. The van der Waals surface area contributed by atoms with Crippen molar-refractivity contribution >= 4 is 6.09 Å². The molecule has 1 amide bonds. The number of nitrogens with zero attached hydrogens (tertiary/aromatic N) is 1. The van der Waals surface area contributed by atoms with Gasteiger partial charge in [0.1, 0.15) is 5.60 Å². The molecule has 19 heavy (non-hydrogen) atoms. The Hall–Kier alpha value is -0.810. The minimum atomic E-state index is -0.506. The van der Waals surface area contributed by atoms with E-state index in [4.69, 9.17) is 4.74 Å². The Balaban J connectivity index is 2.68. The molecule has 0 unspecified atom stereocenters. The lowest BCUT2D eigenvalue weighted by molar-refractivity contribution is -0.289. The summed E-state index contributed by atoms with van der Waals surface area (Å²) in [4.78, 5) is 11.8. The molecular formula is C14H27N2O3. The Morgan fingerprint density at radius 3 is 1.95 bits per heavy atom. The number of carbonyl (C=O) groups is 1. The first-order valence-electron chi connectivity index (χ1n) is 6.80. The highest BCUT2D eigenvalue weighted by atomic mass is 16.6. The van der Waals surface area contributed by atoms with Crippen LogP contribution in [0.5, 0.6) is 0 Å². The summed E-state index contributed by atoms with van der Waals surface area (Å²) in [5.74, 6) is 0. The van der Waals surface area contributed by atoms with E-state index in [9.17, 15) is 10.0 Å². The van der Waals surface area contributed by atoms with Gasteiger partial charge in [-0.25, -0.2) is 4.79 Å². The van der Waals surface area contributed by atoms with Crippen molar-refractivity contribution in [1.82, 2.24) is 10.4 Å². The highest BCUT2D eigenvalue weighted by Gasteiger charge is 2.46. The molecular weight excluding hydrogens is 244 g/mol. The highest BCUT2D eigenvalue weighted by molar-refractivity contribution is 5.68. The molecule has 0 saturated carbocycles. The second-order valence-electron chi connectivity index (χ2n) is 7.67. The van der Waals surface area contributed by atoms with Crippen molar-refractivity contribution < 1.29 is 14.7 Å². The predicted octanol–water partition coefficient (Wildman–Crippen LogP) is 2.88. The summed E-state index contributed by atoms with van der Waals surface area (Å²) in [5.41, 5.74) is -1.47. The van der Waals surface area contributed by atoms with Crippen LogP contribution >= 0.6 is 0 Å². The van der Waals surface area contributed by atoms with Gasteiger partial charge in [-0.05, 0) is 61.3 Å². The topological polar surface area (TPSA) is 61.5 Å². The van der Waals surface area contributed by atoms with E-state index in [0.717, 1.165) is 5.06 Å². The van der Waals surface area contributed by atoms with Gasteiger partial charge in [0, 0.05) is 17.1 Å². The minimum Gasteiger partial charge on any atom is -0.444 e. The Kier molecular flexibility index (Phi) is 4.23. The maximum atomic E-state index is 12.2. The minimum absolute atomic E-state index is 0.0370. The van der Waals surface area contributed by atoms with E-state index in [1.807, 2.05) is 48.5 Å². The summed E-state index contributed by atoms with van der Waals surface area (Å²) in [6.07, 6.45) is 0.835. The molecule has 5 nitrogen and oxygen atoms in total. The first-order chi connectivity index (χ1) is 8.33. The number of alkyl carbamates (subject to hydrolysis) is 1. The zero-order valence-electron chi connectivity index (χ0n) is 13.2. The maximum absolute atomic E-state index is 12.2. The fraction of sp³-hybridized carbons (Fsp3) is 0.929. The summed E-state index contributed by atoms with van der Waals surface area (Å²) in [5, 5.41) is 16.2. The molecule has 0 aromatic rings. The molecule has 1 aliphatic rings. The van der Waals surface area contributed by atoms with E-state index >= 15 is 0 Å². The summed E-state index contributed by atoms with van der Waals surface area (Å²) >= 11 is 0. The van der Waals surface area contributed by atoms with Crippen LogP contribution in [0.15, 0.2) is 0 Å². The van der Waals surface area contributed by atoms with Crippen molar-refractivity contribution in [3.05, 3.63) is 0 Å². The second-order valence-corrected chi connectivity index (χ2v) is 7.67. The average Bonchev–Trinajstić information content (AvgIpc) is 2.09. The zero-order chi connectivity index (χ0) is 15.1. The number of carbonyl (C=O) groups excluding carboxylic acids is 1. The van der Waals surface area contributed by atoms with Gasteiger partial charge in [0.05, 0.1) is 0 Å². The van der Waals surface area contributed by atoms with E-state index in [1.165, 1.54) is 0 Å². The third-order valence-electron chi connectivity index (χ3n) is 3.31. The number of amides is 1. The summed E-state index contributed by atoms with van der Waals surface area (Å²) < 4.78 is 5.26. The molecule has 0 aromatic heterocycles. The predicted molar refractivity (Wildman–Crippen MR) is 73.1 cm³/mol. The van der Waals surface area contributed by atoms with Crippen molar-refractivity contribution in [1.29, 1.82) is 0 Å². The Bertz CT molecular complexity index is 327. The normalized spacial score (nSPS) is 24.0. The van der Waals surface area contributed by atoms with E-state index in [0.29, 0.717) is 12.8 Å². The molecule has 1 fully saturated rings. The summed E-state index contributed by atoms with van der Waals surface area (Å²) in [7, 11) is 0. The standard InChI is InChI=1S/C14H27N2O3/c1-12(2,3)19-11(17)15-10-8-13(4,5)16(18)14(6,7)9-10/h10H,8-9H2,1-7H3,(H,15,17). The lowest BCUT2D eigenvalue weighted by atomic mass is 9.79. The van der Waals surface area contributed by atoms with E-state index in [1.54, 1.807) is 0 Å². The van der Waals surface area contributed by atoms with Gasteiger partial charge in [0.25, 0.3) is 0 Å². The molecule has 1 heterocycles. The molecule has 0 aromatic carbocycles. The van der Waals surface area contributed by atoms with Crippen LogP contribution in [-0.2, 0) is 9.94 Å². The monoisotopic (exact) mass is 271 g/mol.